The summed E-state index contributed by atoms with van der Waals surface area (Å²) in [5, 5.41) is 3.23. The first-order valence-electron chi connectivity index (χ1n) is 7.86. The summed E-state index contributed by atoms with van der Waals surface area (Å²) in [6, 6.07) is -0.388. The van der Waals surface area contributed by atoms with E-state index in [2.05, 4.69) is 10.3 Å². The molecule has 9 heteroatoms. The minimum Gasteiger partial charge on any atom is -0.317 e. The number of rotatable bonds is 3. The van der Waals surface area contributed by atoms with Gasteiger partial charge in [0.15, 0.2) is 15.0 Å². The second kappa shape index (κ2) is 6.94. The zero-order chi connectivity index (χ0) is 16.4. The van der Waals surface area contributed by atoms with Crippen LogP contribution in [0.5, 0.6) is 0 Å². The molecule has 1 atom stereocenters. The quantitative estimate of drug-likeness (QED) is 0.877. The van der Waals surface area contributed by atoms with Gasteiger partial charge in [-0.15, -0.1) is 0 Å². The van der Waals surface area contributed by atoms with E-state index in [1.807, 2.05) is 0 Å². The Bertz CT molecular complexity index is 671. The second-order valence-electron chi connectivity index (χ2n) is 6.16. The topological polar surface area (TPSA) is 79.4 Å². The van der Waals surface area contributed by atoms with Crippen LogP contribution in [0.25, 0.3) is 0 Å². The van der Waals surface area contributed by atoms with Crippen LogP contribution in [-0.4, -0.2) is 47.9 Å². The molecular weight excluding hydrogens is 358 g/mol. The van der Waals surface area contributed by atoms with Crippen molar-refractivity contribution >= 4 is 43.9 Å². The number of hydrogen-bond donors (Lipinski definition) is 1. The Balaban J connectivity index is 1.77. The van der Waals surface area contributed by atoms with E-state index in [4.69, 9.17) is 11.6 Å². The third kappa shape index (κ3) is 4.16. The summed E-state index contributed by atoms with van der Waals surface area (Å²) in [5.41, 5.74) is 0. The first kappa shape index (κ1) is 17.0. The van der Waals surface area contributed by atoms with Crippen molar-refractivity contribution in [3.63, 3.8) is 0 Å². The molecule has 6 nitrogen and oxygen atoms in total. The Hall–Kier alpha value is -0.860. The van der Waals surface area contributed by atoms with Crippen LogP contribution in [0.2, 0.25) is 4.34 Å². The van der Waals surface area contributed by atoms with Gasteiger partial charge in [0, 0.05) is 12.1 Å². The molecule has 2 amide bonds. The number of urea groups is 1. The smallest absolute Gasteiger partial charge is 0.317 e. The van der Waals surface area contributed by atoms with Gasteiger partial charge in [-0.3, -0.25) is 5.32 Å². The van der Waals surface area contributed by atoms with Crippen LogP contribution in [0, 0.1) is 0 Å². The number of nitrogens with one attached hydrogen (secondary N) is 1. The van der Waals surface area contributed by atoms with Gasteiger partial charge >= 0.3 is 6.03 Å². The van der Waals surface area contributed by atoms with Crippen molar-refractivity contribution < 1.29 is 13.2 Å². The van der Waals surface area contributed by atoms with E-state index in [0.29, 0.717) is 15.9 Å². The van der Waals surface area contributed by atoms with Gasteiger partial charge in [-0.1, -0.05) is 42.2 Å². The summed E-state index contributed by atoms with van der Waals surface area (Å²) < 4.78 is 24.2. The molecule has 2 heterocycles. The lowest BCUT2D eigenvalue weighted by molar-refractivity contribution is 0.141. The fourth-order valence-electron chi connectivity index (χ4n) is 3.45. The van der Waals surface area contributed by atoms with Gasteiger partial charge in [0.25, 0.3) is 0 Å². The average Bonchev–Trinajstić information content (AvgIpc) is 3.06. The largest absolute Gasteiger partial charge is 0.324 e. The number of sulfone groups is 1. The number of halogens is 1. The lowest BCUT2D eigenvalue weighted by Gasteiger charge is -2.37. The normalized spacial score (nSPS) is 24.5. The Labute approximate surface area is 145 Å². The molecule has 0 bridgehead atoms. The standard InChI is InChI=1S/C14H20ClN3O3S2/c15-12-8-16-13(22-12)17-14(19)18(10-4-2-1-3-5-10)11-6-7-23(20,21)9-11/h8,10-11H,1-7,9H2,(H,16,17,19). The number of amides is 2. The molecule has 1 unspecified atom stereocenters. The van der Waals surface area contributed by atoms with E-state index in [1.165, 1.54) is 24.0 Å². The van der Waals surface area contributed by atoms with Gasteiger partial charge in [0.05, 0.1) is 17.7 Å². The van der Waals surface area contributed by atoms with E-state index < -0.39 is 9.84 Å². The van der Waals surface area contributed by atoms with Crippen molar-refractivity contribution in [2.75, 3.05) is 16.8 Å². The number of carbonyl (C=O) groups excluding carboxylic acids is 1. The molecule has 1 aromatic rings. The highest BCUT2D eigenvalue weighted by atomic mass is 35.5. The van der Waals surface area contributed by atoms with Crippen molar-refractivity contribution in [1.29, 1.82) is 0 Å². The highest BCUT2D eigenvalue weighted by Crippen LogP contribution is 2.30. The SMILES string of the molecule is O=C(Nc1ncc(Cl)s1)N(C1CCCCC1)C1CCS(=O)(=O)C1. The van der Waals surface area contributed by atoms with Crippen LogP contribution in [0.15, 0.2) is 6.20 Å². The van der Waals surface area contributed by atoms with Crippen molar-refractivity contribution in [3.05, 3.63) is 10.5 Å². The zero-order valence-corrected chi connectivity index (χ0v) is 15.1. The van der Waals surface area contributed by atoms with Gasteiger partial charge < -0.3 is 4.90 Å². The van der Waals surface area contributed by atoms with Gasteiger partial charge in [-0.05, 0) is 19.3 Å². The van der Waals surface area contributed by atoms with Gasteiger partial charge in [-0.25, -0.2) is 18.2 Å². The zero-order valence-electron chi connectivity index (χ0n) is 12.7. The van der Waals surface area contributed by atoms with Crippen molar-refractivity contribution in [3.8, 4) is 0 Å². The predicted octanol–water partition coefficient (Wildman–Crippen LogP) is 3.15. The summed E-state index contributed by atoms with van der Waals surface area (Å²) in [6.45, 7) is 0. The number of nitrogens with zero attached hydrogens (tertiary/aromatic N) is 2. The highest BCUT2D eigenvalue weighted by molar-refractivity contribution is 7.91. The van der Waals surface area contributed by atoms with E-state index in [0.717, 1.165) is 25.7 Å². The van der Waals surface area contributed by atoms with E-state index in [-0.39, 0.29) is 29.6 Å². The molecule has 3 rings (SSSR count). The molecule has 2 aliphatic rings. The molecule has 1 N–H and O–H groups in total. The first-order valence-corrected chi connectivity index (χ1v) is 10.9. The van der Waals surface area contributed by atoms with Gasteiger partial charge in [0.2, 0.25) is 0 Å². The highest BCUT2D eigenvalue weighted by Gasteiger charge is 2.38. The number of thiazole rings is 1. The maximum atomic E-state index is 12.8. The molecule has 1 saturated carbocycles. The van der Waals surface area contributed by atoms with Gasteiger partial charge in [-0.2, -0.15) is 0 Å². The number of aromatic nitrogens is 1. The minimum atomic E-state index is -3.04. The van der Waals surface area contributed by atoms with Crippen LogP contribution in [0.3, 0.4) is 0 Å². The molecule has 0 radical (unpaired) electrons. The number of hydrogen-bond acceptors (Lipinski definition) is 5. The Kier molecular flexibility index (Phi) is 5.13. The molecule has 1 aliphatic carbocycles. The molecule has 128 valence electrons. The maximum absolute atomic E-state index is 12.8. The van der Waals surface area contributed by atoms with Crippen LogP contribution in [0.4, 0.5) is 9.93 Å². The summed E-state index contributed by atoms with van der Waals surface area (Å²) in [5.74, 6) is 0.229. The Morgan fingerprint density at radius 2 is 2.00 bits per heavy atom. The summed E-state index contributed by atoms with van der Waals surface area (Å²) >= 11 is 7.05. The molecule has 1 aliphatic heterocycles. The molecule has 0 aromatic carbocycles. The van der Waals surface area contributed by atoms with E-state index in [1.54, 1.807) is 4.90 Å². The van der Waals surface area contributed by atoms with Crippen LogP contribution >= 0.6 is 22.9 Å². The summed E-state index contributed by atoms with van der Waals surface area (Å²) in [7, 11) is -3.04. The molecule has 0 spiro atoms. The van der Waals surface area contributed by atoms with Crippen molar-refractivity contribution in [2.24, 2.45) is 0 Å². The second-order valence-corrected chi connectivity index (χ2v) is 10.0. The lowest BCUT2D eigenvalue weighted by atomic mass is 9.93. The maximum Gasteiger partial charge on any atom is 0.324 e. The van der Waals surface area contributed by atoms with Crippen LogP contribution < -0.4 is 5.32 Å². The Morgan fingerprint density at radius 3 is 2.57 bits per heavy atom. The lowest BCUT2D eigenvalue weighted by Crippen LogP contribution is -2.50. The predicted molar refractivity (Wildman–Crippen MR) is 91.9 cm³/mol. The van der Waals surface area contributed by atoms with Crippen LogP contribution in [-0.2, 0) is 9.84 Å². The molecule has 23 heavy (non-hydrogen) atoms. The third-order valence-electron chi connectivity index (χ3n) is 4.50. The van der Waals surface area contributed by atoms with E-state index >= 15 is 0 Å². The van der Waals surface area contributed by atoms with Crippen molar-refractivity contribution in [1.82, 2.24) is 9.88 Å². The number of anilines is 1. The minimum absolute atomic E-state index is 0.0650. The van der Waals surface area contributed by atoms with Crippen molar-refractivity contribution in [2.45, 2.75) is 50.6 Å². The van der Waals surface area contributed by atoms with E-state index in [9.17, 15) is 13.2 Å². The fourth-order valence-corrected chi connectivity index (χ4v) is 5.97. The average molecular weight is 378 g/mol. The fraction of sp³-hybridized carbons (Fsp3) is 0.714. The molecule has 1 aromatic heterocycles. The molecule has 2 fully saturated rings. The first-order chi connectivity index (χ1) is 10.9. The summed E-state index contributed by atoms with van der Waals surface area (Å²) in [6.07, 6.45) is 7.22. The summed E-state index contributed by atoms with van der Waals surface area (Å²) in [4.78, 5) is 18.6. The Morgan fingerprint density at radius 1 is 1.26 bits per heavy atom. The molecular formula is C14H20ClN3O3S2. The third-order valence-corrected chi connectivity index (χ3v) is 7.28. The monoisotopic (exact) mass is 377 g/mol. The molecule has 1 saturated heterocycles. The van der Waals surface area contributed by atoms with Crippen LogP contribution in [0.1, 0.15) is 38.5 Å². The number of carbonyl (C=O) groups is 1. The van der Waals surface area contributed by atoms with Gasteiger partial charge in [0.1, 0.15) is 4.34 Å².